The largest absolute Gasteiger partial charge is 0.394 e. The van der Waals surface area contributed by atoms with Gasteiger partial charge in [0.25, 0.3) is 0 Å². The molecule has 0 rings (SSSR count). The van der Waals surface area contributed by atoms with Crippen molar-refractivity contribution in [2.24, 2.45) is 5.92 Å². The highest BCUT2D eigenvalue weighted by molar-refractivity contribution is 4.97. The average molecular weight is 188 g/mol. The van der Waals surface area contributed by atoms with E-state index in [2.05, 4.69) is 0 Å². The van der Waals surface area contributed by atoms with Gasteiger partial charge in [-0.25, -0.2) is 0 Å². The van der Waals surface area contributed by atoms with E-state index in [9.17, 15) is 5.11 Å². The second kappa shape index (κ2) is 7.06. The van der Waals surface area contributed by atoms with Gasteiger partial charge in [-0.2, -0.15) is 0 Å². The van der Waals surface area contributed by atoms with Crippen LogP contribution in [0, 0.1) is 5.92 Å². The number of allylic oxidation sites excluding steroid dienone is 1. The van der Waals surface area contributed by atoms with Crippen LogP contribution in [0.3, 0.4) is 0 Å². The minimum atomic E-state index is -0.622. The second-order valence-corrected chi connectivity index (χ2v) is 3.51. The summed E-state index contributed by atoms with van der Waals surface area (Å²) in [6.07, 6.45) is 3.01. The Morgan fingerprint density at radius 2 is 2.00 bits per heavy atom. The molecule has 0 aromatic rings. The van der Waals surface area contributed by atoms with E-state index in [1.165, 1.54) is 0 Å². The SMILES string of the molecule is C/C(=C\CCC(C)C(O)CO)CO. The molecule has 3 heteroatoms. The summed E-state index contributed by atoms with van der Waals surface area (Å²) in [4.78, 5) is 0. The standard InChI is InChI=1S/C10H20O3/c1-8(6-11)4-3-5-9(2)10(13)7-12/h4,9-13H,3,5-7H2,1-2H3/b8-4+. The minimum Gasteiger partial charge on any atom is -0.394 e. The first-order chi connectivity index (χ1) is 6.11. The van der Waals surface area contributed by atoms with Gasteiger partial charge in [0.05, 0.1) is 19.3 Å². The van der Waals surface area contributed by atoms with Gasteiger partial charge in [0, 0.05) is 0 Å². The molecule has 3 nitrogen and oxygen atoms in total. The molecule has 0 bridgehead atoms. The van der Waals surface area contributed by atoms with Gasteiger partial charge in [-0.3, -0.25) is 0 Å². The lowest BCUT2D eigenvalue weighted by Gasteiger charge is -2.15. The summed E-state index contributed by atoms with van der Waals surface area (Å²) in [7, 11) is 0. The monoisotopic (exact) mass is 188 g/mol. The smallest absolute Gasteiger partial charge is 0.0796 e. The molecule has 0 fully saturated rings. The van der Waals surface area contributed by atoms with Gasteiger partial charge in [-0.05, 0) is 25.7 Å². The van der Waals surface area contributed by atoms with Gasteiger partial charge >= 0.3 is 0 Å². The van der Waals surface area contributed by atoms with Gasteiger partial charge < -0.3 is 15.3 Å². The Hall–Kier alpha value is -0.380. The molecule has 0 aromatic heterocycles. The van der Waals surface area contributed by atoms with E-state index in [4.69, 9.17) is 10.2 Å². The maximum absolute atomic E-state index is 9.23. The number of aliphatic hydroxyl groups is 3. The molecule has 78 valence electrons. The van der Waals surface area contributed by atoms with Crippen LogP contribution in [0.25, 0.3) is 0 Å². The van der Waals surface area contributed by atoms with Gasteiger partial charge in [-0.15, -0.1) is 0 Å². The van der Waals surface area contributed by atoms with Crippen molar-refractivity contribution in [3.05, 3.63) is 11.6 Å². The Labute approximate surface area is 79.7 Å². The van der Waals surface area contributed by atoms with Gasteiger partial charge in [0.15, 0.2) is 0 Å². The summed E-state index contributed by atoms with van der Waals surface area (Å²) in [5.74, 6) is 0.104. The first-order valence-electron chi connectivity index (χ1n) is 4.67. The summed E-state index contributed by atoms with van der Waals surface area (Å²) in [5, 5.41) is 26.6. The molecule has 2 unspecified atom stereocenters. The summed E-state index contributed by atoms with van der Waals surface area (Å²) in [5.41, 5.74) is 0.950. The Kier molecular flexibility index (Phi) is 6.86. The number of rotatable bonds is 6. The van der Waals surface area contributed by atoms with Crippen LogP contribution in [0.2, 0.25) is 0 Å². The zero-order valence-electron chi connectivity index (χ0n) is 8.40. The molecule has 0 aliphatic carbocycles. The van der Waals surface area contributed by atoms with E-state index in [1.54, 1.807) is 0 Å². The third kappa shape index (κ3) is 5.80. The van der Waals surface area contributed by atoms with Gasteiger partial charge in [0.2, 0.25) is 0 Å². The molecule has 2 atom stereocenters. The van der Waals surface area contributed by atoms with Crippen LogP contribution in [0.15, 0.2) is 11.6 Å². The summed E-state index contributed by atoms with van der Waals surface area (Å²) < 4.78 is 0. The molecule has 0 heterocycles. The summed E-state index contributed by atoms with van der Waals surface area (Å²) in [6.45, 7) is 3.69. The minimum absolute atomic E-state index is 0.0942. The van der Waals surface area contributed by atoms with Crippen molar-refractivity contribution in [3.8, 4) is 0 Å². The second-order valence-electron chi connectivity index (χ2n) is 3.51. The van der Waals surface area contributed by atoms with E-state index >= 15 is 0 Å². The lowest BCUT2D eigenvalue weighted by atomic mass is 9.99. The molecule has 0 saturated heterocycles. The molecule has 0 aromatic carbocycles. The fraction of sp³-hybridized carbons (Fsp3) is 0.800. The third-order valence-electron chi connectivity index (χ3n) is 2.21. The fourth-order valence-electron chi connectivity index (χ4n) is 1.03. The molecular weight excluding hydrogens is 168 g/mol. The predicted molar refractivity (Wildman–Crippen MR) is 52.3 cm³/mol. The van der Waals surface area contributed by atoms with Crippen molar-refractivity contribution in [1.82, 2.24) is 0 Å². The predicted octanol–water partition coefficient (Wildman–Crippen LogP) is 0.694. The summed E-state index contributed by atoms with van der Waals surface area (Å²) >= 11 is 0. The Balaban J connectivity index is 3.64. The highest BCUT2D eigenvalue weighted by atomic mass is 16.3. The van der Waals surface area contributed by atoms with Crippen LogP contribution in [0.4, 0.5) is 0 Å². The highest BCUT2D eigenvalue weighted by Crippen LogP contribution is 2.11. The van der Waals surface area contributed by atoms with Crippen LogP contribution in [-0.4, -0.2) is 34.6 Å². The van der Waals surface area contributed by atoms with Crippen LogP contribution in [0.5, 0.6) is 0 Å². The van der Waals surface area contributed by atoms with Crippen LogP contribution in [0.1, 0.15) is 26.7 Å². The van der Waals surface area contributed by atoms with Crippen molar-refractivity contribution in [2.75, 3.05) is 13.2 Å². The van der Waals surface area contributed by atoms with E-state index in [0.717, 1.165) is 18.4 Å². The van der Waals surface area contributed by atoms with Gasteiger partial charge in [-0.1, -0.05) is 18.6 Å². The van der Waals surface area contributed by atoms with Crippen LogP contribution < -0.4 is 0 Å². The Morgan fingerprint density at radius 3 is 2.46 bits per heavy atom. The molecular formula is C10H20O3. The van der Waals surface area contributed by atoms with Crippen molar-refractivity contribution in [3.63, 3.8) is 0 Å². The lowest BCUT2D eigenvalue weighted by Crippen LogP contribution is -2.21. The van der Waals surface area contributed by atoms with Crippen molar-refractivity contribution in [1.29, 1.82) is 0 Å². The van der Waals surface area contributed by atoms with E-state index in [0.29, 0.717) is 0 Å². The zero-order chi connectivity index (χ0) is 10.3. The zero-order valence-corrected chi connectivity index (χ0v) is 8.40. The van der Waals surface area contributed by atoms with Crippen molar-refractivity contribution < 1.29 is 15.3 Å². The number of hydrogen-bond acceptors (Lipinski definition) is 3. The molecule has 13 heavy (non-hydrogen) atoms. The summed E-state index contributed by atoms with van der Waals surface area (Å²) in [6, 6.07) is 0. The van der Waals surface area contributed by atoms with Crippen LogP contribution >= 0.6 is 0 Å². The molecule has 0 spiro atoms. The fourth-order valence-corrected chi connectivity index (χ4v) is 1.03. The maximum atomic E-state index is 9.23. The van der Waals surface area contributed by atoms with E-state index < -0.39 is 6.10 Å². The number of aliphatic hydroxyl groups excluding tert-OH is 3. The topological polar surface area (TPSA) is 60.7 Å². The molecule has 3 N–H and O–H groups in total. The Morgan fingerprint density at radius 1 is 1.38 bits per heavy atom. The normalized spacial score (nSPS) is 17.2. The first-order valence-corrected chi connectivity index (χ1v) is 4.67. The molecule has 0 aliphatic heterocycles. The van der Waals surface area contributed by atoms with E-state index in [-0.39, 0.29) is 19.1 Å². The molecule has 0 radical (unpaired) electrons. The van der Waals surface area contributed by atoms with Gasteiger partial charge in [0.1, 0.15) is 0 Å². The first kappa shape index (κ1) is 12.6. The van der Waals surface area contributed by atoms with E-state index in [1.807, 2.05) is 19.9 Å². The third-order valence-corrected chi connectivity index (χ3v) is 2.21. The molecule has 0 saturated carbocycles. The maximum Gasteiger partial charge on any atom is 0.0796 e. The van der Waals surface area contributed by atoms with Crippen molar-refractivity contribution >= 4 is 0 Å². The quantitative estimate of drug-likeness (QED) is 0.538. The van der Waals surface area contributed by atoms with Crippen LogP contribution in [-0.2, 0) is 0 Å². The molecule has 0 aliphatic rings. The average Bonchev–Trinajstić information content (AvgIpc) is 2.15. The molecule has 0 amide bonds. The van der Waals surface area contributed by atoms with Crippen molar-refractivity contribution in [2.45, 2.75) is 32.8 Å². The lowest BCUT2D eigenvalue weighted by molar-refractivity contribution is 0.0507. The Bertz CT molecular complexity index is 154. The highest BCUT2D eigenvalue weighted by Gasteiger charge is 2.11. The number of hydrogen-bond donors (Lipinski definition) is 3.